The average molecular weight is 355 g/mol. The van der Waals surface area contributed by atoms with Crippen molar-refractivity contribution in [2.45, 2.75) is 38.1 Å². The Morgan fingerprint density at radius 2 is 1.86 bits per heavy atom. The minimum atomic E-state index is -0.136. The second-order valence-corrected chi connectivity index (χ2v) is 7.06. The molecular formula is C17H24BrFN2. The molecule has 21 heavy (non-hydrogen) atoms. The first-order valence-electron chi connectivity index (χ1n) is 8.16. The van der Waals surface area contributed by atoms with Crippen LogP contribution in [0.15, 0.2) is 22.7 Å². The van der Waals surface area contributed by atoms with E-state index in [4.69, 9.17) is 0 Å². The smallest absolute Gasteiger partial charge is 0.137 e. The Bertz CT molecular complexity index is 450. The van der Waals surface area contributed by atoms with Crippen molar-refractivity contribution >= 4 is 15.9 Å². The molecule has 1 aromatic rings. The summed E-state index contributed by atoms with van der Waals surface area (Å²) in [6.07, 6.45) is 6.55. The Balaban J connectivity index is 1.91. The molecule has 1 atom stereocenters. The quantitative estimate of drug-likeness (QED) is 0.878. The molecule has 1 aliphatic heterocycles. The topological polar surface area (TPSA) is 15.3 Å². The molecule has 0 amide bonds. The van der Waals surface area contributed by atoms with Gasteiger partial charge in [0.15, 0.2) is 0 Å². The van der Waals surface area contributed by atoms with Crippen LogP contribution < -0.4 is 5.32 Å². The third-order valence-corrected chi connectivity index (χ3v) is 5.78. The van der Waals surface area contributed by atoms with Crippen molar-refractivity contribution in [1.82, 2.24) is 10.2 Å². The van der Waals surface area contributed by atoms with Gasteiger partial charge in [0.2, 0.25) is 0 Å². The van der Waals surface area contributed by atoms with Crippen molar-refractivity contribution in [3.05, 3.63) is 34.1 Å². The van der Waals surface area contributed by atoms with Gasteiger partial charge in [-0.1, -0.05) is 31.4 Å². The highest BCUT2D eigenvalue weighted by Crippen LogP contribution is 2.41. The monoisotopic (exact) mass is 354 g/mol. The average Bonchev–Trinajstić information content (AvgIpc) is 2.54. The van der Waals surface area contributed by atoms with Crippen LogP contribution >= 0.6 is 15.9 Å². The molecular weight excluding hydrogens is 331 g/mol. The molecule has 1 saturated carbocycles. The van der Waals surface area contributed by atoms with Gasteiger partial charge < -0.3 is 5.32 Å². The Labute approximate surface area is 135 Å². The number of nitrogens with zero attached hydrogens (tertiary/aromatic N) is 1. The van der Waals surface area contributed by atoms with Crippen LogP contribution in [-0.4, -0.2) is 31.1 Å². The van der Waals surface area contributed by atoms with Gasteiger partial charge in [0.05, 0.1) is 4.47 Å². The number of hydrogen-bond donors (Lipinski definition) is 1. The molecule has 0 unspecified atom stereocenters. The van der Waals surface area contributed by atoms with Crippen LogP contribution in [0.2, 0.25) is 0 Å². The molecule has 1 heterocycles. The van der Waals surface area contributed by atoms with Crippen molar-refractivity contribution in [2.24, 2.45) is 5.92 Å². The minimum absolute atomic E-state index is 0.136. The second kappa shape index (κ2) is 7.21. The number of piperazine rings is 1. The highest BCUT2D eigenvalue weighted by Gasteiger charge is 2.32. The number of halogens is 2. The summed E-state index contributed by atoms with van der Waals surface area (Å²) in [7, 11) is 0. The summed E-state index contributed by atoms with van der Waals surface area (Å²) >= 11 is 3.50. The van der Waals surface area contributed by atoms with Gasteiger partial charge in [-0.25, -0.2) is 4.39 Å². The van der Waals surface area contributed by atoms with Crippen LogP contribution in [0.4, 0.5) is 4.39 Å². The van der Waals surface area contributed by atoms with Gasteiger partial charge in [0, 0.05) is 32.2 Å². The van der Waals surface area contributed by atoms with E-state index in [-0.39, 0.29) is 5.82 Å². The SMILES string of the molecule is Fc1cccc([C@H](C2CCCCC2)N2CCNCC2)c1Br. The number of benzene rings is 1. The Morgan fingerprint density at radius 1 is 1.14 bits per heavy atom. The first kappa shape index (κ1) is 15.4. The zero-order chi connectivity index (χ0) is 14.7. The molecule has 2 nitrogen and oxygen atoms in total. The molecule has 0 aromatic heterocycles. The van der Waals surface area contributed by atoms with Crippen LogP contribution in [0.25, 0.3) is 0 Å². The summed E-state index contributed by atoms with van der Waals surface area (Å²) < 4.78 is 14.7. The van der Waals surface area contributed by atoms with Crippen LogP contribution in [0, 0.1) is 11.7 Å². The fourth-order valence-corrected chi connectivity index (χ4v) is 4.41. The maximum atomic E-state index is 14.0. The van der Waals surface area contributed by atoms with Gasteiger partial charge in [0.1, 0.15) is 5.82 Å². The van der Waals surface area contributed by atoms with Crippen LogP contribution in [-0.2, 0) is 0 Å². The fourth-order valence-electron chi connectivity index (χ4n) is 3.91. The predicted octanol–water partition coefficient (Wildman–Crippen LogP) is 4.11. The number of nitrogens with one attached hydrogen (secondary N) is 1. The van der Waals surface area contributed by atoms with E-state index in [1.54, 1.807) is 6.07 Å². The zero-order valence-corrected chi connectivity index (χ0v) is 14.0. The van der Waals surface area contributed by atoms with Crippen molar-refractivity contribution in [2.75, 3.05) is 26.2 Å². The maximum absolute atomic E-state index is 14.0. The lowest BCUT2D eigenvalue weighted by Gasteiger charge is -2.41. The summed E-state index contributed by atoms with van der Waals surface area (Å²) in [5, 5.41) is 3.42. The van der Waals surface area contributed by atoms with Crippen molar-refractivity contribution < 1.29 is 4.39 Å². The van der Waals surface area contributed by atoms with E-state index in [1.807, 2.05) is 6.07 Å². The molecule has 0 radical (unpaired) electrons. The summed E-state index contributed by atoms with van der Waals surface area (Å²) in [6, 6.07) is 5.86. The first-order valence-corrected chi connectivity index (χ1v) is 8.95. The Kier molecular flexibility index (Phi) is 5.30. The first-order chi connectivity index (χ1) is 10.3. The van der Waals surface area contributed by atoms with Crippen molar-refractivity contribution in [1.29, 1.82) is 0 Å². The molecule has 0 spiro atoms. The van der Waals surface area contributed by atoms with Gasteiger partial charge in [-0.05, 0) is 46.3 Å². The third-order valence-electron chi connectivity index (χ3n) is 4.94. The fraction of sp³-hybridized carbons (Fsp3) is 0.647. The van der Waals surface area contributed by atoms with E-state index < -0.39 is 0 Å². The van der Waals surface area contributed by atoms with Crippen LogP contribution in [0.5, 0.6) is 0 Å². The summed E-state index contributed by atoms with van der Waals surface area (Å²) in [5.41, 5.74) is 1.14. The highest BCUT2D eigenvalue weighted by atomic mass is 79.9. The van der Waals surface area contributed by atoms with Gasteiger partial charge in [-0.2, -0.15) is 0 Å². The normalized spacial score (nSPS) is 23.1. The van der Waals surface area contributed by atoms with E-state index in [2.05, 4.69) is 32.2 Å². The Morgan fingerprint density at radius 3 is 2.57 bits per heavy atom. The molecule has 2 fully saturated rings. The van der Waals surface area contributed by atoms with Gasteiger partial charge in [-0.15, -0.1) is 0 Å². The van der Waals surface area contributed by atoms with Crippen LogP contribution in [0.3, 0.4) is 0 Å². The molecule has 1 N–H and O–H groups in total. The van der Waals surface area contributed by atoms with Gasteiger partial charge >= 0.3 is 0 Å². The predicted molar refractivity (Wildman–Crippen MR) is 87.9 cm³/mol. The standard InChI is InChI=1S/C17H24BrFN2/c18-16-14(7-4-8-15(16)19)17(13-5-2-1-3-6-13)21-11-9-20-10-12-21/h4,7-8,13,17,20H,1-3,5-6,9-12H2/t17-/m0/s1. The molecule has 2 aliphatic rings. The third kappa shape index (κ3) is 3.49. The van der Waals surface area contributed by atoms with Gasteiger partial charge in [-0.3, -0.25) is 4.90 Å². The highest BCUT2D eigenvalue weighted by molar-refractivity contribution is 9.10. The van der Waals surface area contributed by atoms with Crippen LogP contribution in [0.1, 0.15) is 43.7 Å². The van der Waals surface area contributed by atoms with Crippen molar-refractivity contribution in [3.8, 4) is 0 Å². The molecule has 1 aliphatic carbocycles. The Hall–Kier alpha value is -0.450. The van der Waals surface area contributed by atoms with Crippen molar-refractivity contribution in [3.63, 3.8) is 0 Å². The summed E-state index contributed by atoms with van der Waals surface area (Å²) in [6.45, 7) is 4.19. The lowest BCUT2D eigenvalue weighted by atomic mass is 9.80. The second-order valence-electron chi connectivity index (χ2n) is 6.27. The lowest BCUT2D eigenvalue weighted by molar-refractivity contribution is 0.102. The zero-order valence-electron chi connectivity index (χ0n) is 12.5. The largest absolute Gasteiger partial charge is 0.314 e. The van der Waals surface area contributed by atoms with E-state index in [9.17, 15) is 4.39 Å². The maximum Gasteiger partial charge on any atom is 0.137 e. The minimum Gasteiger partial charge on any atom is -0.314 e. The van der Waals surface area contributed by atoms with E-state index in [0.29, 0.717) is 16.4 Å². The molecule has 0 bridgehead atoms. The summed E-state index contributed by atoms with van der Waals surface area (Å²) in [4.78, 5) is 2.56. The lowest BCUT2D eigenvalue weighted by Crippen LogP contribution is -2.47. The summed E-state index contributed by atoms with van der Waals surface area (Å²) in [5.74, 6) is 0.526. The van der Waals surface area contributed by atoms with E-state index in [1.165, 1.54) is 32.1 Å². The van der Waals surface area contributed by atoms with Gasteiger partial charge in [0.25, 0.3) is 0 Å². The number of rotatable bonds is 3. The molecule has 1 aromatic carbocycles. The molecule has 4 heteroatoms. The van der Waals surface area contributed by atoms with E-state index >= 15 is 0 Å². The number of hydrogen-bond acceptors (Lipinski definition) is 2. The molecule has 1 saturated heterocycles. The molecule has 3 rings (SSSR count). The van der Waals surface area contributed by atoms with E-state index in [0.717, 1.165) is 31.7 Å². The molecule has 116 valence electrons.